The van der Waals surface area contributed by atoms with Crippen LogP contribution < -0.4 is 5.56 Å². The number of nitrogens with zero attached hydrogens (tertiary/aromatic N) is 2. The Morgan fingerprint density at radius 2 is 1.96 bits per heavy atom. The van der Waals surface area contributed by atoms with E-state index in [0.29, 0.717) is 29.1 Å². The second-order valence-corrected chi connectivity index (χ2v) is 8.98. The number of thiophene rings is 1. The van der Waals surface area contributed by atoms with E-state index in [2.05, 4.69) is 9.97 Å². The standard InChI is InChI=1S/C17H14FN3O3S2/c18-12-5-3-11(4-6-12)16-19-14-10-21(8-7-13(14)17(22)20-16)26(23,24)15-2-1-9-25-15/h1-6,9H,7-8,10H2,(H,19,20,22). The smallest absolute Gasteiger partial charge is 0.254 e. The van der Waals surface area contributed by atoms with Crippen molar-refractivity contribution in [2.45, 2.75) is 17.2 Å². The Morgan fingerprint density at radius 3 is 2.65 bits per heavy atom. The number of sulfonamides is 1. The zero-order valence-corrected chi connectivity index (χ0v) is 15.1. The van der Waals surface area contributed by atoms with Crippen molar-refractivity contribution in [3.8, 4) is 11.4 Å². The monoisotopic (exact) mass is 391 g/mol. The van der Waals surface area contributed by atoms with Crippen LogP contribution in [0, 0.1) is 5.82 Å². The summed E-state index contributed by atoms with van der Waals surface area (Å²) >= 11 is 1.16. The first-order valence-electron chi connectivity index (χ1n) is 7.87. The zero-order valence-electron chi connectivity index (χ0n) is 13.5. The van der Waals surface area contributed by atoms with E-state index in [1.165, 1.54) is 28.6 Å². The van der Waals surface area contributed by atoms with E-state index >= 15 is 0 Å². The maximum Gasteiger partial charge on any atom is 0.254 e. The number of halogens is 1. The summed E-state index contributed by atoms with van der Waals surface area (Å²) in [5.41, 5.74) is 1.19. The summed E-state index contributed by atoms with van der Waals surface area (Å²) in [6.07, 6.45) is 0.298. The number of hydrogen-bond donors (Lipinski definition) is 1. The molecule has 3 heterocycles. The first-order chi connectivity index (χ1) is 12.4. The van der Waals surface area contributed by atoms with Gasteiger partial charge in [-0.3, -0.25) is 4.79 Å². The minimum atomic E-state index is -3.61. The third-order valence-corrected chi connectivity index (χ3v) is 7.46. The lowest BCUT2D eigenvalue weighted by atomic mass is 10.1. The highest BCUT2D eigenvalue weighted by Crippen LogP contribution is 2.26. The van der Waals surface area contributed by atoms with Crippen LogP contribution in [0.15, 0.2) is 50.8 Å². The van der Waals surface area contributed by atoms with Crippen molar-refractivity contribution in [3.05, 3.63) is 69.2 Å². The van der Waals surface area contributed by atoms with E-state index in [4.69, 9.17) is 0 Å². The molecule has 0 bridgehead atoms. The number of nitrogens with one attached hydrogen (secondary N) is 1. The highest BCUT2D eigenvalue weighted by atomic mass is 32.2. The van der Waals surface area contributed by atoms with Crippen molar-refractivity contribution in [1.82, 2.24) is 14.3 Å². The second kappa shape index (κ2) is 6.42. The van der Waals surface area contributed by atoms with E-state index in [-0.39, 0.29) is 28.7 Å². The molecule has 3 aromatic rings. The molecule has 134 valence electrons. The summed E-state index contributed by atoms with van der Waals surface area (Å²) in [5.74, 6) is -0.0913. The van der Waals surface area contributed by atoms with Gasteiger partial charge in [-0.15, -0.1) is 11.3 Å². The van der Waals surface area contributed by atoms with Crippen LogP contribution in [0.1, 0.15) is 11.3 Å². The first-order valence-corrected chi connectivity index (χ1v) is 10.2. The largest absolute Gasteiger partial charge is 0.306 e. The molecular formula is C17H14FN3O3S2. The van der Waals surface area contributed by atoms with Gasteiger partial charge in [0, 0.05) is 17.7 Å². The van der Waals surface area contributed by atoms with Crippen molar-refractivity contribution >= 4 is 21.4 Å². The van der Waals surface area contributed by atoms with E-state index in [0.717, 1.165) is 11.3 Å². The van der Waals surface area contributed by atoms with Gasteiger partial charge in [0.25, 0.3) is 15.6 Å². The Bertz CT molecular complexity index is 1110. The SMILES string of the molecule is O=c1[nH]c(-c2ccc(F)cc2)nc2c1CCN(S(=O)(=O)c1cccs1)C2. The van der Waals surface area contributed by atoms with Gasteiger partial charge in [0.2, 0.25) is 0 Å². The third kappa shape index (κ3) is 2.98. The fourth-order valence-electron chi connectivity index (χ4n) is 2.90. The number of fused-ring (bicyclic) bond motifs is 1. The summed E-state index contributed by atoms with van der Waals surface area (Å²) in [6, 6.07) is 8.84. The third-order valence-electron chi connectivity index (χ3n) is 4.25. The van der Waals surface area contributed by atoms with Gasteiger partial charge in [-0.25, -0.2) is 17.8 Å². The van der Waals surface area contributed by atoms with Gasteiger partial charge in [-0.05, 0) is 42.1 Å². The molecule has 0 amide bonds. The van der Waals surface area contributed by atoms with E-state index < -0.39 is 10.0 Å². The zero-order chi connectivity index (χ0) is 18.3. The van der Waals surface area contributed by atoms with Crippen molar-refractivity contribution in [2.75, 3.05) is 6.54 Å². The number of benzene rings is 1. The molecule has 0 saturated carbocycles. The molecule has 6 nitrogen and oxygen atoms in total. The molecule has 0 fully saturated rings. The molecule has 2 aromatic heterocycles. The Kier molecular flexibility index (Phi) is 4.22. The van der Waals surface area contributed by atoms with E-state index in [1.807, 2.05) is 0 Å². The summed E-state index contributed by atoms with van der Waals surface area (Å²) in [6.45, 7) is 0.265. The molecule has 0 unspecified atom stereocenters. The molecule has 0 aliphatic carbocycles. The molecule has 0 radical (unpaired) electrons. The van der Waals surface area contributed by atoms with Crippen LogP contribution >= 0.6 is 11.3 Å². The normalized spacial score (nSPS) is 15.0. The summed E-state index contributed by atoms with van der Waals surface area (Å²) in [7, 11) is -3.61. The maximum atomic E-state index is 13.1. The highest BCUT2D eigenvalue weighted by molar-refractivity contribution is 7.91. The maximum absolute atomic E-state index is 13.1. The topological polar surface area (TPSA) is 83.1 Å². The molecule has 0 atom stereocenters. The van der Waals surface area contributed by atoms with Gasteiger partial charge in [0.15, 0.2) is 0 Å². The fourth-order valence-corrected chi connectivity index (χ4v) is 5.45. The predicted octanol–water partition coefficient (Wildman–Crippen LogP) is 2.38. The average Bonchev–Trinajstić information content (AvgIpc) is 3.17. The highest BCUT2D eigenvalue weighted by Gasteiger charge is 2.31. The summed E-state index contributed by atoms with van der Waals surface area (Å²) < 4.78 is 40.1. The number of hydrogen-bond acceptors (Lipinski definition) is 5. The molecule has 0 saturated heterocycles. The summed E-state index contributed by atoms with van der Waals surface area (Å²) in [5, 5.41) is 1.71. The van der Waals surface area contributed by atoms with Crippen molar-refractivity contribution in [3.63, 3.8) is 0 Å². The van der Waals surface area contributed by atoms with Crippen LogP contribution in [0.3, 0.4) is 0 Å². The predicted molar refractivity (Wildman–Crippen MR) is 95.9 cm³/mol. The fraction of sp³-hybridized carbons (Fsp3) is 0.176. The molecular weight excluding hydrogens is 377 g/mol. The number of aromatic amines is 1. The van der Waals surface area contributed by atoms with Crippen LogP contribution in [0.5, 0.6) is 0 Å². The quantitative estimate of drug-likeness (QED) is 0.743. The molecule has 0 spiro atoms. The van der Waals surface area contributed by atoms with Crippen molar-refractivity contribution in [2.24, 2.45) is 0 Å². The Hall–Kier alpha value is -2.36. The second-order valence-electron chi connectivity index (χ2n) is 5.87. The van der Waals surface area contributed by atoms with Crippen LogP contribution in [0.4, 0.5) is 4.39 Å². The Balaban J connectivity index is 1.72. The molecule has 4 rings (SSSR count). The molecule has 1 aliphatic heterocycles. The van der Waals surface area contributed by atoms with Crippen LogP contribution in [-0.2, 0) is 23.0 Å². The van der Waals surface area contributed by atoms with Gasteiger partial charge >= 0.3 is 0 Å². The van der Waals surface area contributed by atoms with Crippen LogP contribution in [0.2, 0.25) is 0 Å². The molecule has 1 aliphatic rings. The molecule has 1 aromatic carbocycles. The molecule has 9 heteroatoms. The molecule has 26 heavy (non-hydrogen) atoms. The minimum absolute atomic E-state index is 0.0354. The Labute approximate surface area is 153 Å². The molecule has 1 N–H and O–H groups in total. The lowest BCUT2D eigenvalue weighted by molar-refractivity contribution is 0.385. The van der Waals surface area contributed by atoms with E-state index in [9.17, 15) is 17.6 Å². The van der Waals surface area contributed by atoms with Gasteiger partial charge in [0.05, 0.1) is 12.2 Å². The van der Waals surface area contributed by atoms with Gasteiger partial charge < -0.3 is 4.98 Å². The van der Waals surface area contributed by atoms with Crippen LogP contribution in [0.25, 0.3) is 11.4 Å². The van der Waals surface area contributed by atoms with Gasteiger partial charge in [0.1, 0.15) is 15.9 Å². The van der Waals surface area contributed by atoms with Gasteiger partial charge in [-0.1, -0.05) is 6.07 Å². The Morgan fingerprint density at radius 1 is 1.19 bits per heavy atom. The number of aromatic nitrogens is 2. The number of H-pyrrole nitrogens is 1. The lowest BCUT2D eigenvalue weighted by Crippen LogP contribution is -2.38. The van der Waals surface area contributed by atoms with Crippen LogP contribution in [-0.4, -0.2) is 29.2 Å². The van der Waals surface area contributed by atoms with Crippen molar-refractivity contribution < 1.29 is 12.8 Å². The average molecular weight is 391 g/mol. The van der Waals surface area contributed by atoms with Crippen molar-refractivity contribution in [1.29, 1.82) is 0 Å². The lowest BCUT2D eigenvalue weighted by Gasteiger charge is -2.26. The first kappa shape index (κ1) is 17.1. The van der Waals surface area contributed by atoms with E-state index in [1.54, 1.807) is 17.5 Å². The van der Waals surface area contributed by atoms with Gasteiger partial charge in [-0.2, -0.15) is 4.31 Å². The minimum Gasteiger partial charge on any atom is -0.306 e. The number of rotatable bonds is 3. The summed E-state index contributed by atoms with van der Waals surface area (Å²) in [4.78, 5) is 19.5.